The number of benzene rings is 4. The highest BCUT2D eigenvalue weighted by Crippen LogP contribution is 2.39. The molecule has 8 nitrogen and oxygen atoms in total. The van der Waals surface area contributed by atoms with Gasteiger partial charge in [0.05, 0.1) is 79.3 Å². The molecule has 12 heteroatoms. The lowest BCUT2D eigenvalue weighted by atomic mass is 9.91. The van der Waals surface area contributed by atoms with Crippen LogP contribution in [0, 0.1) is 0 Å². The second kappa shape index (κ2) is 26.1. The molecule has 2 aliphatic heterocycles. The Kier molecular flexibility index (Phi) is 19.7. The van der Waals surface area contributed by atoms with Crippen molar-refractivity contribution in [1.29, 1.82) is 0 Å². The predicted molar refractivity (Wildman–Crippen MR) is 252 cm³/mol. The Labute approximate surface area is 374 Å². The molecule has 0 saturated carbocycles. The Morgan fingerprint density at radius 1 is 0.250 bits per heavy atom. The number of ether oxygens (including phenoxy) is 8. The SMILES string of the molecule is c1cc2c3c(c1)Cc1cccc4c1OCCSCCOCCOCCSCCOc1c(cccc1Cc1cccc(c1OCCSCCOCCOCCSCCO3)C4)C2. The van der Waals surface area contributed by atoms with Gasteiger partial charge >= 0.3 is 0 Å². The first kappa shape index (κ1) is 45.3. The van der Waals surface area contributed by atoms with Crippen molar-refractivity contribution in [3.8, 4) is 23.0 Å². The van der Waals surface area contributed by atoms with E-state index in [1.807, 2.05) is 47.0 Å². The molecule has 7 rings (SSSR count). The van der Waals surface area contributed by atoms with Gasteiger partial charge in [-0.25, -0.2) is 0 Å². The zero-order valence-corrected chi connectivity index (χ0v) is 38.1. The van der Waals surface area contributed by atoms with E-state index in [0.717, 1.165) is 114 Å². The summed E-state index contributed by atoms with van der Waals surface area (Å²) < 4.78 is 50.9. The summed E-state index contributed by atoms with van der Waals surface area (Å²) >= 11 is 7.44. The molecule has 4 aromatic carbocycles. The summed E-state index contributed by atoms with van der Waals surface area (Å²) in [5.41, 5.74) is 9.21. The Morgan fingerprint density at radius 2 is 0.450 bits per heavy atom. The van der Waals surface area contributed by atoms with Crippen LogP contribution in [-0.2, 0) is 44.6 Å². The second-order valence-corrected chi connectivity index (χ2v) is 19.5. The maximum absolute atomic E-state index is 6.86. The van der Waals surface area contributed by atoms with Crippen molar-refractivity contribution in [2.75, 3.05) is 125 Å². The van der Waals surface area contributed by atoms with Gasteiger partial charge in [-0.3, -0.25) is 0 Å². The molecule has 2 heterocycles. The molecule has 0 fully saturated rings. The molecule has 0 amide bonds. The molecule has 1 aliphatic carbocycles. The van der Waals surface area contributed by atoms with Gasteiger partial charge in [0.25, 0.3) is 0 Å². The van der Waals surface area contributed by atoms with E-state index >= 15 is 0 Å². The molecule has 4 aromatic rings. The lowest BCUT2D eigenvalue weighted by molar-refractivity contribution is 0.0605. The summed E-state index contributed by atoms with van der Waals surface area (Å²) in [4.78, 5) is 0. The van der Waals surface area contributed by atoms with Gasteiger partial charge in [-0.1, -0.05) is 72.8 Å². The molecule has 3 aliphatic rings. The molecule has 0 N–H and O–H groups in total. The highest BCUT2D eigenvalue weighted by Gasteiger charge is 2.22. The van der Waals surface area contributed by atoms with Crippen molar-refractivity contribution >= 4 is 47.0 Å². The third-order valence-electron chi connectivity index (χ3n) is 10.4. The summed E-state index contributed by atoms with van der Waals surface area (Å²) in [5, 5.41) is 0. The van der Waals surface area contributed by atoms with E-state index < -0.39 is 0 Å². The Bertz CT molecular complexity index is 1540. The maximum Gasteiger partial charge on any atom is 0.126 e. The zero-order valence-electron chi connectivity index (χ0n) is 34.8. The molecule has 12 bridgehead atoms. The van der Waals surface area contributed by atoms with Gasteiger partial charge in [0.15, 0.2) is 0 Å². The van der Waals surface area contributed by atoms with Crippen LogP contribution in [0.4, 0.5) is 0 Å². The van der Waals surface area contributed by atoms with Crippen molar-refractivity contribution in [1.82, 2.24) is 0 Å². The largest absolute Gasteiger partial charge is 0.492 e. The quantitative estimate of drug-likeness (QED) is 0.149. The fourth-order valence-corrected chi connectivity index (χ4v) is 10.1. The zero-order chi connectivity index (χ0) is 40.9. The van der Waals surface area contributed by atoms with Crippen LogP contribution in [0.25, 0.3) is 0 Å². The minimum atomic E-state index is 0.599. The maximum atomic E-state index is 6.86. The van der Waals surface area contributed by atoms with Gasteiger partial charge in [-0.05, 0) is 44.5 Å². The topological polar surface area (TPSA) is 73.8 Å². The normalized spacial score (nSPS) is 19.1. The Balaban J connectivity index is 1.32. The van der Waals surface area contributed by atoms with E-state index in [2.05, 4.69) is 72.8 Å². The number of thioether (sulfide) groups is 4. The van der Waals surface area contributed by atoms with Crippen LogP contribution in [0.15, 0.2) is 72.8 Å². The minimum absolute atomic E-state index is 0.599. The third kappa shape index (κ3) is 14.2. The van der Waals surface area contributed by atoms with Gasteiger partial charge < -0.3 is 37.9 Å². The smallest absolute Gasteiger partial charge is 0.126 e. The van der Waals surface area contributed by atoms with Gasteiger partial charge in [0, 0.05) is 71.7 Å². The number of hydrogen-bond donors (Lipinski definition) is 0. The monoisotopic (exact) mass is 892 g/mol. The highest BCUT2D eigenvalue weighted by molar-refractivity contribution is 7.99. The summed E-state index contributed by atoms with van der Waals surface area (Å²) in [6.07, 6.45) is 2.72. The van der Waals surface area contributed by atoms with Crippen LogP contribution >= 0.6 is 47.0 Å². The molecule has 0 atom stereocenters. The summed E-state index contributed by atoms with van der Waals surface area (Å²) in [6, 6.07) is 26.5. The first-order chi connectivity index (χ1) is 29.8. The van der Waals surface area contributed by atoms with Gasteiger partial charge in [-0.15, -0.1) is 0 Å². The van der Waals surface area contributed by atoms with Crippen molar-refractivity contribution in [3.05, 3.63) is 117 Å². The highest BCUT2D eigenvalue weighted by atomic mass is 32.2. The Hall–Kier alpha value is -2.68. The molecule has 60 heavy (non-hydrogen) atoms. The van der Waals surface area contributed by atoms with Crippen LogP contribution in [0.2, 0.25) is 0 Å². The first-order valence-electron chi connectivity index (χ1n) is 21.4. The fourth-order valence-electron chi connectivity index (χ4n) is 7.56. The standard InChI is InChI=1S/C48H60O8S4/c1-5-37-33-39-7-2-9-41-35-43-11-4-12-44-36-42-10-3-8-40(47(42)55-23-31-59-27-19-51-16-15-50-18-26-58-30-22-54-46(39)41)34-38(6-1)45(37)53-21-29-57-25-17-49-13-14-52-20-28-60-32-24-56-48(43)44/h1-12H,13-36H2. The van der Waals surface area contributed by atoms with Crippen LogP contribution in [-0.4, -0.2) is 125 Å². The fraction of sp³-hybridized carbons (Fsp3) is 0.500. The molecule has 0 unspecified atom stereocenters. The van der Waals surface area contributed by atoms with E-state index in [9.17, 15) is 0 Å². The predicted octanol–water partition coefficient (Wildman–Crippen LogP) is 8.90. The van der Waals surface area contributed by atoms with Crippen LogP contribution in [0.5, 0.6) is 23.0 Å². The summed E-state index contributed by atoms with van der Waals surface area (Å²) in [6.45, 7) is 7.63. The minimum Gasteiger partial charge on any atom is -0.492 e. The molecule has 324 valence electrons. The molecular weight excluding hydrogens is 833 g/mol. The number of para-hydroxylation sites is 4. The van der Waals surface area contributed by atoms with E-state index in [-0.39, 0.29) is 0 Å². The summed E-state index contributed by atoms with van der Waals surface area (Å²) in [7, 11) is 0. The van der Waals surface area contributed by atoms with E-state index in [4.69, 9.17) is 37.9 Å². The van der Waals surface area contributed by atoms with Crippen molar-refractivity contribution in [2.45, 2.75) is 25.7 Å². The van der Waals surface area contributed by atoms with Crippen LogP contribution in [0.1, 0.15) is 44.5 Å². The van der Waals surface area contributed by atoms with Gasteiger partial charge in [-0.2, -0.15) is 47.0 Å². The van der Waals surface area contributed by atoms with E-state index in [1.54, 1.807) is 0 Å². The third-order valence-corrected chi connectivity index (χ3v) is 14.0. The lowest BCUT2D eigenvalue weighted by Crippen LogP contribution is -2.12. The van der Waals surface area contributed by atoms with Gasteiger partial charge in [0.2, 0.25) is 0 Å². The van der Waals surface area contributed by atoms with Crippen molar-refractivity contribution in [3.63, 3.8) is 0 Å². The average molecular weight is 893 g/mol. The molecule has 0 saturated heterocycles. The molecule has 0 aromatic heterocycles. The van der Waals surface area contributed by atoms with Crippen molar-refractivity contribution in [2.24, 2.45) is 0 Å². The van der Waals surface area contributed by atoms with E-state index in [0.29, 0.717) is 105 Å². The molecular formula is C48H60O8S4. The molecule has 0 spiro atoms. The average Bonchev–Trinajstić information content (AvgIpc) is 3.25. The van der Waals surface area contributed by atoms with E-state index in [1.165, 1.54) is 0 Å². The first-order valence-corrected chi connectivity index (χ1v) is 26.0. The second-order valence-electron chi connectivity index (χ2n) is 14.6. The number of rotatable bonds is 0. The molecule has 0 radical (unpaired) electrons. The van der Waals surface area contributed by atoms with Gasteiger partial charge in [0.1, 0.15) is 23.0 Å². The Morgan fingerprint density at radius 3 is 0.667 bits per heavy atom. The van der Waals surface area contributed by atoms with Crippen LogP contribution < -0.4 is 18.9 Å². The van der Waals surface area contributed by atoms with Crippen molar-refractivity contribution < 1.29 is 37.9 Å². The van der Waals surface area contributed by atoms with Crippen LogP contribution in [0.3, 0.4) is 0 Å². The lowest BCUT2D eigenvalue weighted by Gasteiger charge is -2.23. The summed E-state index contributed by atoms with van der Waals surface area (Å²) in [5.74, 6) is 10.9. The number of hydrogen-bond acceptors (Lipinski definition) is 12.